The quantitative estimate of drug-likeness (QED) is 0.757. The number of nitrogens with one attached hydrogen (secondary N) is 1. The van der Waals surface area contributed by atoms with Gasteiger partial charge in [-0.25, -0.2) is 4.98 Å². The van der Waals surface area contributed by atoms with Crippen LogP contribution in [-0.2, 0) is 5.41 Å². The van der Waals surface area contributed by atoms with Crippen molar-refractivity contribution in [1.82, 2.24) is 10.3 Å². The lowest BCUT2D eigenvalue weighted by atomic mass is 9.96. The van der Waals surface area contributed by atoms with Crippen molar-refractivity contribution in [2.75, 3.05) is 6.54 Å². The summed E-state index contributed by atoms with van der Waals surface area (Å²) >= 11 is 1.44. The van der Waals surface area contributed by atoms with Gasteiger partial charge in [-0.2, -0.15) is 0 Å². The normalized spacial score (nSPS) is 15.0. The number of carbonyl (C=O) groups excluding carboxylic acids is 1. The fraction of sp³-hybridized carbons (Fsp3) is 0.200. The zero-order valence-electron chi connectivity index (χ0n) is 13.2. The van der Waals surface area contributed by atoms with Crippen molar-refractivity contribution < 1.29 is 4.79 Å². The Morgan fingerprint density at radius 3 is 2.38 bits per heavy atom. The van der Waals surface area contributed by atoms with Crippen LogP contribution >= 0.6 is 11.3 Å². The van der Waals surface area contributed by atoms with Gasteiger partial charge in [-0.15, -0.1) is 11.3 Å². The summed E-state index contributed by atoms with van der Waals surface area (Å²) in [7, 11) is 0. The van der Waals surface area contributed by atoms with E-state index < -0.39 is 0 Å². The summed E-state index contributed by atoms with van der Waals surface area (Å²) in [6.45, 7) is 0.689. The van der Waals surface area contributed by atoms with E-state index in [2.05, 4.69) is 34.6 Å². The first-order valence-electron chi connectivity index (χ1n) is 8.12. The predicted octanol–water partition coefficient (Wildman–Crippen LogP) is 4.27. The average molecular weight is 334 g/mol. The lowest BCUT2D eigenvalue weighted by Crippen LogP contribution is -2.31. The Bertz CT molecular complexity index is 838. The Morgan fingerprint density at radius 2 is 1.71 bits per heavy atom. The van der Waals surface area contributed by atoms with Crippen LogP contribution in [0.25, 0.3) is 10.6 Å². The first-order chi connectivity index (χ1) is 11.8. The number of thiazole rings is 1. The van der Waals surface area contributed by atoms with Crippen LogP contribution in [-0.4, -0.2) is 17.4 Å². The Morgan fingerprint density at radius 1 is 1.04 bits per heavy atom. The van der Waals surface area contributed by atoms with Gasteiger partial charge in [0.05, 0.1) is 6.20 Å². The number of hydrogen-bond acceptors (Lipinski definition) is 3. The maximum Gasteiger partial charge on any atom is 0.263 e. The van der Waals surface area contributed by atoms with E-state index in [0.29, 0.717) is 11.4 Å². The molecule has 1 aliphatic rings. The standard InChI is InChI=1S/C20H18N2OS/c23-18(17-13-21-19(24-17)15-7-3-1-4-8-15)22-14-20(11-12-20)16-9-5-2-6-10-16/h1-10,13H,11-12,14H2,(H,22,23). The highest BCUT2D eigenvalue weighted by Crippen LogP contribution is 2.47. The summed E-state index contributed by atoms with van der Waals surface area (Å²) in [5.74, 6) is -0.0307. The molecule has 0 radical (unpaired) electrons. The van der Waals surface area contributed by atoms with E-state index >= 15 is 0 Å². The molecule has 4 rings (SSSR count). The average Bonchev–Trinajstić information content (AvgIpc) is 3.28. The molecule has 1 heterocycles. The highest BCUT2D eigenvalue weighted by molar-refractivity contribution is 7.16. The minimum absolute atomic E-state index is 0.0307. The molecule has 0 saturated heterocycles. The molecule has 0 bridgehead atoms. The molecule has 0 unspecified atom stereocenters. The number of rotatable bonds is 5. The van der Waals surface area contributed by atoms with Crippen molar-refractivity contribution in [2.24, 2.45) is 0 Å². The number of aromatic nitrogens is 1. The number of amides is 1. The molecule has 24 heavy (non-hydrogen) atoms. The van der Waals surface area contributed by atoms with Gasteiger partial charge in [0, 0.05) is 17.5 Å². The van der Waals surface area contributed by atoms with E-state index in [1.165, 1.54) is 16.9 Å². The van der Waals surface area contributed by atoms with E-state index in [4.69, 9.17) is 0 Å². The van der Waals surface area contributed by atoms with Crippen molar-refractivity contribution in [2.45, 2.75) is 18.3 Å². The Kier molecular flexibility index (Phi) is 3.90. The largest absolute Gasteiger partial charge is 0.350 e. The summed E-state index contributed by atoms with van der Waals surface area (Å²) in [4.78, 5) is 17.5. The molecule has 0 aliphatic heterocycles. The zero-order chi connectivity index (χ0) is 16.4. The van der Waals surface area contributed by atoms with Gasteiger partial charge in [0.15, 0.2) is 0 Å². The van der Waals surface area contributed by atoms with Gasteiger partial charge in [-0.3, -0.25) is 4.79 Å². The second-order valence-electron chi connectivity index (χ2n) is 6.22. The van der Waals surface area contributed by atoms with E-state index in [9.17, 15) is 4.79 Å². The molecule has 3 aromatic rings. The van der Waals surface area contributed by atoms with Crippen LogP contribution in [0.15, 0.2) is 66.9 Å². The van der Waals surface area contributed by atoms with Crippen molar-refractivity contribution in [1.29, 1.82) is 0 Å². The molecule has 1 N–H and O–H groups in total. The smallest absolute Gasteiger partial charge is 0.263 e. The first kappa shape index (κ1) is 15.1. The molecule has 1 aromatic heterocycles. The fourth-order valence-corrected chi connectivity index (χ4v) is 3.78. The highest BCUT2D eigenvalue weighted by atomic mass is 32.1. The van der Waals surface area contributed by atoms with E-state index in [0.717, 1.165) is 23.4 Å². The minimum atomic E-state index is -0.0307. The van der Waals surface area contributed by atoms with Gasteiger partial charge in [0.25, 0.3) is 5.91 Å². The predicted molar refractivity (Wildman–Crippen MR) is 97.2 cm³/mol. The van der Waals surface area contributed by atoms with Gasteiger partial charge < -0.3 is 5.32 Å². The Labute approximate surface area is 145 Å². The van der Waals surface area contributed by atoms with Crippen LogP contribution in [0, 0.1) is 0 Å². The molecular weight excluding hydrogens is 316 g/mol. The highest BCUT2D eigenvalue weighted by Gasteiger charge is 2.44. The number of carbonyl (C=O) groups is 1. The number of hydrogen-bond donors (Lipinski definition) is 1. The fourth-order valence-electron chi connectivity index (χ4n) is 2.94. The van der Waals surface area contributed by atoms with Crippen LogP contribution in [0.5, 0.6) is 0 Å². The van der Waals surface area contributed by atoms with Gasteiger partial charge in [-0.05, 0) is 18.4 Å². The lowest BCUT2D eigenvalue weighted by Gasteiger charge is -2.16. The van der Waals surface area contributed by atoms with Crippen molar-refractivity contribution in [3.05, 3.63) is 77.3 Å². The minimum Gasteiger partial charge on any atom is -0.350 e. The SMILES string of the molecule is O=C(NCC1(c2ccccc2)CC1)c1cnc(-c2ccccc2)s1. The summed E-state index contributed by atoms with van der Waals surface area (Å²) in [5, 5.41) is 3.98. The van der Waals surface area contributed by atoms with Gasteiger partial charge in [0.2, 0.25) is 0 Å². The van der Waals surface area contributed by atoms with Crippen LogP contribution in [0.4, 0.5) is 0 Å². The van der Waals surface area contributed by atoms with Crippen molar-refractivity contribution >= 4 is 17.2 Å². The summed E-state index contributed by atoms with van der Waals surface area (Å²) < 4.78 is 0. The summed E-state index contributed by atoms with van der Waals surface area (Å²) in [6.07, 6.45) is 3.94. The van der Waals surface area contributed by atoms with E-state index in [1.54, 1.807) is 6.20 Å². The molecular formula is C20H18N2OS. The van der Waals surface area contributed by atoms with Crippen molar-refractivity contribution in [3.63, 3.8) is 0 Å². The van der Waals surface area contributed by atoms with E-state index in [1.807, 2.05) is 36.4 Å². The van der Waals surface area contributed by atoms with Crippen molar-refractivity contribution in [3.8, 4) is 10.6 Å². The third-order valence-electron chi connectivity index (χ3n) is 4.58. The molecule has 1 aliphatic carbocycles. The molecule has 3 nitrogen and oxygen atoms in total. The molecule has 1 fully saturated rings. The molecule has 0 atom stereocenters. The van der Waals surface area contributed by atoms with Crippen LogP contribution in [0.1, 0.15) is 28.1 Å². The molecule has 2 aromatic carbocycles. The van der Waals surface area contributed by atoms with Crippen LogP contribution < -0.4 is 5.32 Å². The number of benzene rings is 2. The van der Waals surface area contributed by atoms with E-state index in [-0.39, 0.29) is 11.3 Å². The molecule has 0 spiro atoms. The third-order valence-corrected chi connectivity index (χ3v) is 5.62. The Hall–Kier alpha value is -2.46. The molecule has 1 amide bonds. The molecule has 1 saturated carbocycles. The molecule has 120 valence electrons. The van der Waals surface area contributed by atoms with Gasteiger partial charge in [0.1, 0.15) is 9.88 Å². The van der Waals surface area contributed by atoms with Crippen LogP contribution in [0.3, 0.4) is 0 Å². The zero-order valence-corrected chi connectivity index (χ0v) is 14.1. The lowest BCUT2D eigenvalue weighted by molar-refractivity contribution is 0.0953. The monoisotopic (exact) mass is 334 g/mol. The first-order valence-corrected chi connectivity index (χ1v) is 8.93. The third kappa shape index (κ3) is 2.97. The second-order valence-corrected chi connectivity index (χ2v) is 7.26. The Balaban J connectivity index is 1.43. The maximum absolute atomic E-state index is 12.5. The molecule has 4 heteroatoms. The topological polar surface area (TPSA) is 42.0 Å². The summed E-state index contributed by atoms with van der Waals surface area (Å²) in [5.41, 5.74) is 2.49. The maximum atomic E-state index is 12.5. The van der Waals surface area contributed by atoms with Crippen LogP contribution in [0.2, 0.25) is 0 Å². The summed E-state index contributed by atoms with van der Waals surface area (Å²) in [6, 6.07) is 20.4. The van der Waals surface area contributed by atoms with Gasteiger partial charge >= 0.3 is 0 Å². The second kappa shape index (κ2) is 6.21. The number of nitrogens with zero attached hydrogens (tertiary/aromatic N) is 1. The van der Waals surface area contributed by atoms with Gasteiger partial charge in [-0.1, -0.05) is 60.7 Å².